The number of methoxy groups -OCH3 is 1. The van der Waals surface area contributed by atoms with Crippen molar-refractivity contribution in [2.75, 3.05) is 32.6 Å². The third kappa shape index (κ3) is 6.15. The van der Waals surface area contributed by atoms with Crippen molar-refractivity contribution >= 4 is 38.2 Å². The first-order valence-electron chi connectivity index (χ1n) is 12.6. The van der Waals surface area contributed by atoms with E-state index in [1.165, 1.54) is 52.6 Å². The van der Waals surface area contributed by atoms with E-state index in [1.54, 1.807) is 7.05 Å². The Kier molecular flexibility index (Phi) is 8.99. The van der Waals surface area contributed by atoms with Gasteiger partial charge >= 0.3 is 5.97 Å². The Bertz CT molecular complexity index is 1390. The zero-order chi connectivity index (χ0) is 27.3. The van der Waals surface area contributed by atoms with E-state index in [2.05, 4.69) is 22.3 Å². The third-order valence-corrected chi connectivity index (χ3v) is 9.66. The molecular weight excluding hydrogens is 522 g/mol. The van der Waals surface area contributed by atoms with Crippen molar-refractivity contribution in [1.29, 1.82) is 0 Å². The lowest BCUT2D eigenvalue weighted by atomic mass is 10.0. The minimum Gasteiger partial charge on any atom is -0.465 e. The van der Waals surface area contributed by atoms with Crippen LogP contribution in [-0.2, 0) is 34.3 Å². The van der Waals surface area contributed by atoms with Gasteiger partial charge in [-0.2, -0.15) is 0 Å². The molecule has 0 spiro atoms. The monoisotopic (exact) mass is 555 g/mol. The Balaban J connectivity index is 1.52. The lowest BCUT2D eigenvalue weighted by molar-refractivity contribution is 0.0600. The summed E-state index contributed by atoms with van der Waals surface area (Å²) in [5, 5.41) is 3.32. The van der Waals surface area contributed by atoms with E-state index in [0.29, 0.717) is 35.6 Å². The van der Waals surface area contributed by atoms with Gasteiger partial charge in [-0.05, 0) is 48.2 Å². The first kappa shape index (κ1) is 28.0. The lowest BCUT2D eigenvalue weighted by Gasteiger charge is -2.27. The SMILES string of the molecule is CCCCN(C)S(=O)(=O)c1ccc(C(=O)Nc2sc3c(c2C(=O)OC)CCN(Cc2ccccc2)C3)cc1. The van der Waals surface area contributed by atoms with Crippen LogP contribution in [0.2, 0.25) is 0 Å². The number of hydrogen-bond donors (Lipinski definition) is 1. The summed E-state index contributed by atoms with van der Waals surface area (Å²) < 4.78 is 31.9. The van der Waals surface area contributed by atoms with Gasteiger partial charge in [-0.15, -0.1) is 11.3 Å². The molecule has 202 valence electrons. The highest BCUT2D eigenvalue weighted by Crippen LogP contribution is 2.38. The fourth-order valence-electron chi connectivity index (χ4n) is 4.47. The Labute approximate surface area is 228 Å². The number of unbranched alkanes of at least 4 members (excludes halogenated alkanes) is 1. The van der Waals surface area contributed by atoms with Gasteiger partial charge in [-0.3, -0.25) is 9.69 Å². The summed E-state index contributed by atoms with van der Waals surface area (Å²) in [6.45, 7) is 4.70. The second-order valence-electron chi connectivity index (χ2n) is 9.30. The van der Waals surface area contributed by atoms with E-state index in [1.807, 2.05) is 25.1 Å². The van der Waals surface area contributed by atoms with Crippen LogP contribution in [0.5, 0.6) is 0 Å². The molecule has 0 atom stereocenters. The Morgan fingerprint density at radius 1 is 1.11 bits per heavy atom. The molecule has 1 aromatic heterocycles. The van der Waals surface area contributed by atoms with E-state index < -0.39 is 21.9 Å². The number of carbonyl (C=O) groups is 2. The Morgan fingerprint density at radius 2 is 1.82 bits per heavy atom. The highest BCUT2D eigenvalue weighted by molar-refractivity contribution is 7.89. The molecule has 0 unspecified atom stereocenters. The number of thiophene rings is 1. The zero-order valence-corrected chi connectivity index (χ0v) is 23.5. The molecule has 4 rings (SSSR count). The topological polar surface area (TPSA) is 96.0 Å². The first-order chi connectivity index (χ1) is 18.2. The van der Waals surface area contributed by atoms with Gasteiger partial charge in [0.1, 0.15) is 5.00 Å². The maximum absolute atomic E-state index is 13.1. The highest BCUT2D eigenvalue weighted by Gasteiger charge is 2.29. The van der Waals surface area contributed by atoms with Crippen molar-refractivity contribution in [2.24, 2.45) is 0 Å². The van der Waals surface area contributed by atoms with Crippen LogP contribution in [0.1, 0.15) is 56.5 Å². The summed E-state index contributed by atoms with van der Waals surface area (Å²) >= 11 is 1.38. The predicted octanol–water partition coefficient (Wildman–Crippen LogP) is 4.77. The van der Waals surface area contributed by atoms with Gasteiger partial charge in [-0.25, -0.2) is 17.5 Å². The minimum absolute atomic E-state index is 0.132. The standard InChI is InChI=1S/C28H33N3O5S2/c1-4-5-16-30(2)38(34,35)22-13-11-21(12-14-22)26(32)29-27-25(28(33)36-3)23-15-17-31(19-24(23)37-27)18-20-9-7-6-8-10-20/h6-14H,4-5,15-19H2,1-3H3,(H,29,32). The number of ether oxygens (including phenoxy) is 1. The van der Waals surface area contributed by atoms with Crippen molar-refractivity contribution in [3.05, 3.63) is 81.7 Å². The number of hydrogen-bond acceptors (Lipinski definition) is 7. The van der Waals surface area contributed by atoms with E-state index in [9.17, 15) is 18.0 Å². The number of benzene rings is 2. The molecular formula is C28H33N3O5S2. The van der Waals surface area contributed by atoms with E-state index in [0.717, 1.165) is 36.4 Å². The van der Waals surface area contributed by atoms with Crippen LogP contribution in [-0.4, -0.2) is 56.7 Å². The number of rotatable bonds is 10. The van der Waals surface area contributed by atoms with Gasteiger partial charge < -0.3 is 10.1 Å². The van der Waals surface area contributed by atoms with E-state index >= 15 is 0 Å². The normalized spacial score (nSPS) is 13.8. The third-order valence-electron chi connectivity index (χ3n) is 6.65. The van der Waals surface area contributed by atoms with Crippen LogP contribution in [0.15, 0.2) is 59.5 Å². The van der Waals surface area contributed by atoms with Crippen molar-refractivity contribution in [3.8, 4) is 0 Å². The highest BCUT2D eigenvalue weighted by atomic mass is 32.2. The summed E-state index contributed by atoms with van der Waals surface area (Å²) in [7, 11) is -0.739. The fraction of sp³-hybridized carbons (Fsp3) is 0.357. The molecule has 10 heteroatoms. The molecule has 0 saturated heterocycles. The molecule has 1 aliphatic heterocycles. The van der Waals surface area contributed by atoms with Crippen molar-refractivity contribution in [2.45, 2.75) is 44.2 Å². The smallest absolute Gasteiger partial charge is 0.341 e. The van der Waals surface area contributed by atoms with Crippen LogP contribution in [0.3, 0.4) is 0 Å². The summed E-state index contributed by atoms with van der Waals surface area (Å²) in [4.78, 5) is 29.3. The number of sulfonamides is 1. The zero-order valence-electron chi connectivity index (χ0n) is 21.9. The van der Waals surface area contributed by atoms with E-state index in [4.69, 9.17) is 4.74 Å². The van der Waals surface area contributed by atoms with Crippen molar-refractivity contribution < 1.29 is 22.7 Å². The molecule has 0 radical (unpaired) electrons. The molecule has 8 nitrogen and oxygen atoms in total. The summed E-state index contributed by atoms with van der Waals surface area (Å²) in [6, 6.07) is 16.1. The van der Waals surface area contributed by atoms with Crippen LogP contribution < -0.4 is 5.32 Å². The summed E-state index contributed by atoms with van der Waals surface area (Å²) in [6.07, 6.45) is 2.34. The average Bonchev–Trinajstić information content (AvgIpc) is 3.28. The molecule has 0 bridgehead atoms. The number of nitrogens with zero attached hydrogens (tertiary/aromatic N) is 2. The van der Waals surface area contributed by atoms with Crippen molar-refractivity contribution in [1.82, 2.24) is 9.21 Å². The number of nitrogens with one attached hydrogen (secondary N) is 1. The van der Waals surface area contributed by atoms with Gasteiger partial charge in [0, 0.05) is 43.7 Å². The van der Waals surface area contributed by atoms with E-state index in [-0.39, 0.29) is 4.90 Å². The first-order valence-corrected chi connectivity index (χ1v) is 14.9. The molecule has 1 N–H and O–H groups in total. The summed E-state index contributed by atoms with van der Waals surface area (Å²) in [5.74, 6) is -0.899. The average molecular weight is 556 g/mol. The number of carbonyl (C=O) groups excluding carboxylic acids is 2. The molecule has 0 aliphatic carbocycles. The van der Waals surface area contributed by atoms with Gasteiger partial charge in [0.2, 0.25) is 10.0 Å². The maximum atomic E-state index is 13.1. The molecule has 2 heterocycles. The Morgan fingerprint density at radius 3 is 2.47 bits per heavy atom. The molecule has 1 amide bonds. The molecule has 0 saturated carbocycles. The molecule has 1 aliphatic rings. The lowest BCUT2D eigenvalue weighted by Crippen LogP contribution is -2.29. The van der Waals surface area contributed by atoms with Gasteiger partial charge in [0.05, 0.1) is 17.6 Å². The molecule has 0 fully saturated rings. The number of anilines is 1. The molecule has 3 aromatic rings. The second kappa shape index (κ2) is 12.2. The summed E-state index contributed by atoms with van der Waals surface area (Å²) in [5.41, 5.74) is 2.83. The van der Waals surface area contributed by atoms with Crippen LogP contribution in [0.4, 0.5) is 5.00 Å². The molecule has 2 aromatic carbocycles. The van der Waals surface area contributed by atoms with Gasteiger partial charge in [0.15, 0.2) is 0 Å². The molecule has 38 heavy (non-hydrogen) atoms. The predicted molar refractivity (Wildman–Crippen MR) is 149 cm³/mol. The van der Waals surface area contributed by atoms with Crippen molar-refractivity contribution in [3.63, 3.8) is 0 Å². The Hall–Kier alpha value is -3.05. The quantitative estimate of drug-likeness (QED) is 0.362. The number of fused-ring (bicyclic) bond motifs is 1. The van der Waals surface area contributed by atoms with Crippen LogP contribution >= 0.6 is 11.3 Å². The maximum Gasteiger partial charge on any atom is 0.341 e. The second-order valence-corrected chi connectivity index (χ2v) is 12.5. The minimum atomic E-state index is -3.63. The largest absolute Gasteiger partial charge is 0.465 e. The fourth-order valence-corrected chi connectivity index (χ4v) is 6.96. The number of esters is 1. The van der Waals surface area contributed by atoms with Gasteiger partial charge in [-0.1, -0.05) is 43.7 Å². The van der Waals surface area contributed by atoms with Crippen LogP contribution in [0, 0.1) is 0 Å². The van der Waals surface area contributed by atoms with Crippen LogP contribution in [0.25, 0.3) is 0 Å². The number of amides is 1. The van der Waals surface area contributed by atoms with Gasteiger partial charge in [0.25, 0.3) is 5.91 Å².